The van der Waals surface area contributed by atoms with Gasteiger partial charge in [0.15, 0.2) is 0 Å². The van der Waals surface area contributed by atoms with Crippen molar-refractivity contribution in [2.75, 3.05) is 11.1 Å². The van der Waals surface area contributed by atoms with Crippen LogP contribution in [0.25, 0.3) is 21.5 Å². The first-order valence-corrected chi connectivity index (χ1v) is 11.2. The number of aromatic nitrogens is 3. The number of para-hydroxylation sites is 1. The Morgan fingerprint density at radius 3 is 2.68 bits per heavy atom. The molecule has 0 atom stereocenters. The molecule has 0 fully saturated rings. The lowest BCUT2D eigenvalue weighted by atomic mass is 10.1. The van der Waals surface area contributed by atoms with Gasteiger partial charge in [-0.1, -0.05) is 36.9 Å². The van der Waals surface area contributed by atoms with Crippen molar-refractivity contribution in [1.29, 1.82) is 0 Å². The van der Waals surface area contributed by atoms with Gasteiger partial charge in [0.05, 0.1) is 10.7 Å². The van der Waals surface area contributed by atoms with Crippen LogP contribution >= 0.6 is 23.3 Å². The largest absolute Gasteiger partial charge is 0.325 e. The molecular formula is C21H17N5O3S2. The lowest BCUT2D eigenvalue weighted by molar-refractivity contribution is -0.384. The normalized spacial score (nSPS) is 10.9. The summed E-state index contributed by atoms with van der Waals surface area (Å²) in [6.45, 7) is 2.05. The summed E-state index contributed by atoms with van der Waals surface area (Å²) in [4.78, 5) is 31.5. The molecule has 0 aliphatic rings. The number of carbonyl (C=O) groups excluding carboxylic acids is 1. The van der Waals surface area contributed by atoms with Crippen molar-refractivity contribution >= 4 is 50.8 Å². The Balaban J connectivity index is 1.51. The zero-order valence-electron chi connectivity index (χ0n) is 16.4. The summed E-state index contributed by atoms with van der Waals surface area (Å²) in [5.41, 5.74) is 3.96. The van der Waals surface area contributed by atoms with Gasteiger partial charge in [0.1, 0.15) is 27.3 Å². The molecule has 156 valence electrons. The molecule has 0 aliphatic heterocycles. The second-order valence-electron chi connectivity index (χ2n) is 6.54. The number of anilines is 1. The summed E-state index contributed by atoms with van der Waals surface area (Å²) < 4.78 is 5.25. The van der Waals surface area contributed by atoms with Crippen LogP contribution in [0, 0.1) is 10.1 Å². The Labute approximate surface area is 186 Å². The number of aryl methyl sites for hydroxylation is 1. The maximum atomic E-state index is 12.5. The molecule has 0 bridgehead atoms. The molecule has 2 heterocycles. The van der Waals surface area contributed by atoms with Gasteiger partial charge < -0.3 is 5.32 Å². The molecule has 0 spiro atoms. The van der Waals surface area contributed by atoms with Gasteiger partial charge in [0, 0.05) is 23.4 Å². The highest BCUT2D eigenvalue weighted by Crippen LogP contribution is 2.34. The van der Waals surface area contributed by atoms with Gasteiger partial charge in [0.2, 0.25) is 5.91 Å². The molecule has 0 radical (unpaired) electrons. The van der Waals surface area contributed by atoms with Crippen LogP contribution in [0.1, 0.15) is 12.5 Å². The van der Waals surface area contributed by atoms with E-state index in [2.05, 4.69) is 19.7 Å². The lowest BCUT2D eigenvalue weighted by Crippen LogP contribution is -2.15. The van der Waals surface area contributed by atoms with Crippen LogP contribution in [0.5, 0.6) is 0 Å². The Morgan fingerprint density at radius 2 is 1.94 bits per heavy atom. The van der Waals surface area contributed by atoms with E-state index in [0.29, 0.717) is 16.2 Å². The standard InChI is InChI=1S/C21H17N5O3S2/c1-2-13-5-3-4-6-16(13)24-17(27)11-30-21-20-19(22-12-23-21)18(25-31-20)14-7-9-15(10-8-14)26(28)29/h3-10,12H,2,11H2,1H3,(H,24,27). The van der Waals surface area contributed by atoms with Gasteiger partial charge in [-0.25, -0.2) is 9.97 Å². The van der Waals surface area contributed by atoms with Crippen molar-refractivity contribution in [1.82, 2.24) is 14.3 Å². The number of hydrogen-bond donors (Lipinski definition) is 1. The minimum atomic E-state index is -0.441. The predicted octanol–water partition coefficient (Wildman–Crippen LogP) is 4.95. The molecule has 2 aromatic heterocycles. The Kier molecular flexibility index (Phi) is 6.19. The van der Waals surface area contributed by atoms with Crippen LogP contribution in [-0.4, -0.2) is 30.9 Å². The monoisotopic (exact) mass is 451 g/mol. The maximum Gasteiger partial charge on any atom is 0.269 e. The van der Waals surface area contributed by atoms with Crippen LogP contribution in [0.3, 0.4) is 0 Å². The molecular weight excluding hydrogens is 434 g/mol. The van der Waals surface area contributed by atoms with Crippen molar-refractivity contribution in [2.24, 2.45) is 0 Å². The molecule has 2 aromatic carbocycles. The number of nitrogens with zero attached hydrogens (tertiary/aromatic N) is 4. The van der Waals surface area contributed by atoms with Crippen LogP contribution in [-0.2, 0) is 11.2 Å². The maximum absolute atomic E-state index is 12.5. The number of non-ortho nitro benzene ring substituents is 1. The Bertz CT molecular complexity index is 1260. The zero-order valence-corrected chi connectivity index (χ0v) is 18.1. The van der Waals surface area contributed by atoms with E-state index in [1.54, 1.807) is 12.1 Å². The molecule has 10 heteroatoms. The number of rotatable bonds is 7. The third-order valence-electron chi connectivity index (χ3n) is 4.59. The highest BCUT2D eigenvalue weighted by Gasteiger charge is 2.16. The van der Waals surface area contributed by atoms with E-state index in [1.165, 1.54) is 41.8 Å². The van der Waals surface area contributed by atoms with Crippen molar-refractivity contribution < 1.29 is 9.72 Å². The van der Waals surface area contributed by atoms with E-state index in [-0.39, 0.29) is 17.3 Å². The molecule has 1 N–H and O–H groups in total. The van der Waals surface area contributed by atoms with Gasteiger partial charge in [-0.05, 0) is 41.7 Å². The molecule has 0 saturated carbocycles. The fraction of sp³-hybridized carbons (Fsp3) is 0.143. The molecule has 31 heavy (non-hydrogen) atoms. The van der Waals surface area contributed by atoms with Gasteiger partial charge >= 0.3 is 0 Å². The number of thioether (sulfide) groups is 1. The molecule has 4 rings (SSSR count). The third kappa shape index (κ3) is 4.54. The highest BCUT2D eigenvalue weighted by molar-refractivity contribution is 8.00. The Morgan fingerprint density at radius 1 is 1.16 bits per heavy atom. The lowest BCUT2D eigenvalue weighted by Gasteiger charge is -2.09. The van der Waals surface area contributed by atoms with E-state index in [4.69, 9.17) is 0 Å². The Hall–Kier alpha value is -3.37. The average molecular weight is 452 g/mol. The van der Waals surface area contributed by atoms with Crippen LogP contribution in [0.4, 0.5) is 11.4 Å². The average Bonchev–Trinajstić information content (AvgIpc) is 3.23. The smallest absolute Gasteiger partial charge is 0.269 e. The van der Waals surface area contributed by atoms with E-state index in [0.717, 1.165) is 27.9 Å². The molecule has 8 nitrogen and oxygen atoms in total. The fourth-order valence-electron chi connectivity index (χ4n) is 3.05. The number of nitro groups is 1. The number of nitrogens with one attached hydrogen (secondary N) is 1. The number of benzene rings is 2. The predicted molar refractivity (Wildman–Crippen MR) is 122 cm³/mol. The fourth-order valence-corrected chi connectivity index (χ4v) is 4.77. The molecule has 4 aromatic rings. The van der Waals surface area contributed by atoms with Gasteiger partial charge in [-0.3, -0.25) is 14.9 Å². The molecule has 0 unspecified atom stereocenters. The summed E-state index contributed by atoms with van der Waals surface area (Å²) in [5.74, 6) is 0.0901. The van der Waals surface area contributed by atoms with Crippen molar-refractivity contribution in [3.05, 3.63) is 70.5 Å². The second-order valence-corrected chi connectivity index (χ2v) is 8.28. The van der Waals surface area contributed by atoms with E-state index in [9.17, 15) is 14.9 Å². The minimum absolute atomic E-state index is 0.0183. The second kappa shape index (κ2) is 9.19. The summed E-state index contributed by atoms with van der Waals surface area (Å²) >= 11 is 2.57. The van der Waals surface area contributed by atoms with Gasteiger partial charge in [0.25, 0.3) is 5.69 Å². The molecule has 0 aliphatic carbocycles. The first-order valence-electron chi connectivity index (χ1n) is 9.42. The quantitative estimate of drug-likeness (QED) is 0.183. The van der Waals surface area contributed by atoms with Gasteiger partial charge in [-0.2, -0.15) is 4.37 Å². The minimum Gasteiger partial charge on any atom is -0.325 e. The summed E-state index contributed by atoms with van der Waals surface area (Å²) in [6.07, 6.45) is 2.28. The number of amides is 1. The zero-order chi connectivity index (χ0) is 21.8. The van der Waals surface area contributed by atoms with Crippen LogP contribution in [0.15, 0.2) is 59.9 Å². The number of nitro benzene ring substituents is 1. The topological polar surface area (TPSA) is 111 Å². The van der Waals surface area contributed by atoms with Crippen molar-refractivity contribution in [3.63, 3.8) is 0 Å². The first-order chi connectivity index (χ1) is 15.1. The van der Waals surface area contributed by atoms with Crippen molar-refractivity contribution in [2.45, 2.75) is 18.4 Å². The SMILES string of the molecule is CCc1ccccc1NC(=O)CSc1ncnc2c(-c3ccc([N+](=O)[O-])cc3)nsc12. The van der Waals surface area contributed by atoms with Gasteiger partial charge in [-0.15, -0.1) is 0 Å². The molecule has 0 saturated heterocycles. The number of hydrogen-bond acceptors (Lipinski definition) is 8. The van der Waals surface area contributed by atoms with E-state index < -0.39 is 4.92 Å². The van der Waals surface area contributed by atoms with Crippen molar-refractivity contribution in [3.8, 4) is 11.3 Å². The summed E-state index contributed by atoms with van der Waals surface area (Å²) in [7, 11) is 0. The summed E-state index contributed by atoms with van der Waals surface area (Å²) in [6, 6.07) is 13.9. The van der Waals surface area contributed by atoms with E-state index >= 15 is 0 Å². The molecule has 1 amide bonds. The summed E-state index contributed by atoms with van der Waals surface area (Å²) in [5, 5.41) is 14.5. The van der Waals surface area contributed by atoms with E-state index in [1.807, 2.05) is 31.2 Å². The van der Waals surface area contributed by atoms with Crippen LogP contribution in [0.2, 0.25) is 0 Å². The third-order valence-corrected chi connectivity index (χ3v) is 6.55. The number of fused-ring (bicyclic) bond motifs is 1. The number of carbonyl (C=O) groups is 1. The first kappa shape index (κ1) is 20.9. The van der Waals surface area contributed by atoms with Crippen LogP contribution < -0.4 is 5.32 Å². The highest BCUT2D eigenvalue weighted by atomic mass is 32.2.